The molecule has 0 N–H and O–H groups in total. The van der Waals surface area contributed by atoms with Crippen molar-refractivity contribution in [2.45, 2.75) is 0 Å². The maximum atomic E-state index is 11.6. The Kier molecular flexibility index (Phi) is 4.32. The molecule has 0 aliphatic heterocycles. The van der Waals surface area contributed by atoms with Gasteiger partial charge in [0.2, 0.25) is 11.1 Å². The molecule has 0 aliphatic carbocycles. The lowest BCUT2D eigenvalue weighted by atomic mass is 10.3. The van der Waals surface area contributed by atoms with Crippen LogP contribution in [0.5, 0.6) is 0 Å². The Bertz CT molecular complexity index is 743. The van der Waals surface area contributed by atoms with E-state index in [1.807, 2.05) is 0 Å². The van der Waals surface area contributed by atoms with Gasteiger partial charge in [0.15, 0.2) is 0 Å². The van der Waals surface area contributed by atoms with Crippen LogP contribution < -0.4 is 5.43 Å². The molecule has 1 aromatic heterocycles. The zero-order valence-electron chi connectivity index (χ0n) is 10.1. The zero-order valence-corrected chi connectivity index (χ0v) is 12.3. The Labute approximate surface area is 128 Å². The summed E-state index contributed by atoms with van der Waals surface area (Å²) in [6.07, 6.45) is 1.36. The molecular weight excluding hydrogens is 327 g/mol. The number of carbonyl (C=O) groups excluding carboxylic acids is 1. The van der Waals surface area contributed by atoms with Gasteiger partial charge in [-0.2, -0.15) is 5.10 Å². The fraction of sp³-hybridized carbons (Fsp3) is 0.0833. The van der Waals surface area contributed by atoms with E-state index in [0.717, 1.165) is 7.11 Å². The number of methoxy groups -OCH3 is 1. The van der Waals surface area contributed by atoms with Gasteiger partial charge in [-0.3, -0.25) is 4.79 Å². The van der Waals surface area contributed by atoms with Gasteiger partial charge in [0.05, 0.1) is 27.9 Å². The van der Waals surface area contributed by atoms with Crippen LogP contribution in [0.2, 0.25) is 15.1 Å². The molecular formula is C12H7Cl3N2O3. The maximum absolute atomic E-state index is 11.6. The standard InChI is InChI=1S/C12H7Cl3N2O3/c1-20-12(19)11-10(18)2-3-17(16-11)9-5-7(14)6(13)4-8(9)15/h2-5H,1H3. The number of halogens is 3. The third kappa shape index (κ3) is 2.80. The van der Waals surface area contributed by atoms with Crippen LogP contribution in [0, 0.1) is 0 Å². The van der Waals surface area contributed by atoms with Crippen molar-refractivity contribution in [3.05, 3.63) is 55.4 Å². The number of hydrogen-bond acceptors (Lipinski definition) is 4. The summed E-state index contributed by atoms with van der Waals surface area (Å²) < 4.78 is 5.73. The van der Waals surface area contributed by atoms with E-state index in [9.17, 15) is 9.59 Å². The van der Waals surface area contributed by atoms with E-state index in [0.29, 0.717) is 5.69 Å². The fourth-order valence-corrected chi connectivity index (χ4v) is 2.10. The van der Waals surface area contributed by atoms with Crippen LogP contribution in [-0.4, -0.2) is 22.9 Å². The van der Waals surface area contributed by atoms with Gasteiger partial charge in [0.25, 0.3) is 0 Å². The molecule has 0 saturated heterocycles. The number of ether oxygens (including phenoxy) is 1. The molecule has 8 heteroatoms. The first-order valence-corrected chi connectivity index (χ1v) is 6.40. The van der Waals surface area contributed by atoms with Crippen molar-refractivity contribution < 1.29 is 9.53 Å². The highest BCUT2D eigenvalue weighted by molar-refractivity contribution is 6.43. The molecule has 2 rings (SSSR count). The maximum Gasteiger partial charge on any atom is 0.362 e. The van der Waals surface area contributed by atoms with Crippen molar-refractivity contribution in [1.82, 2.24) is 9.78 Å². The summed E-state index contributed by atoms with van der Waals surface area (Å²) >= 11 is 17.8. The molecule has 0 atom stereocenters. The van der Waals surface area contributed by atoms with E-state index >= 15 is 0 Å². The second-order valence-corrected chi connectivity index (χ2v) is 4.90. The summed E-state index contributed by atoms with van der Waals surface area (Å²) in [5.41, 5.74) is -0.521. The first-order valence-electron chi connectivity index (χ1n) is 5.27. The number of benzene rings is 1. The zero-order chi connectivity index (χ0) is 14.9. The summed E-state index contributed by atoms with van der Waals surface area (Å²) in [5, 5.41) is 4.71. The van der Waals surface area contributed by atoms with Gasteiger partial charge in [-0.15, -0.1) is 0 Å². The number of esters is 1. The number of nitrogens with zero attached hydrogens (tertiary/aromatic N) is 2. The molecule has 0 unspecified atom stereocenters. The molecule has 2 aromatic rings. The van der Waals surface area contributed by atoms with Gasteiger partial charge < -0.3 is 4.74 Å². The topological polar surface area (TPSA) is 61.2 Å². The molecule has 20 heavy (non-hydrogen) atoms. The van der Waals surface area contributed by atoms with Gasteiger partial charge in [-0.1, -0.05) is 34.8 Å². The van der Waals surface area contributed by atoms with E-state index in [4.69, 9.17) is 34.8 Å². The predicted octanol–water partition coefficient (Wildman–Crippen LogP) is 2.98. The monoisotopic (exact) mass is 332 g/mol. The van der Waals surface area contributed by atoms with Crippen molar-refractivity contribution in [2.24, 2.45) is 0 Å². The number of carbonyl (C=O) groups is 1. The minimum atomic E-state index is -0.833. The molecule has 5 nitrogen and oxygen atoms in total. The average molecular weight is 334 g/mol. The predicted molar refractivity (Wildman–Crippen MR) is 76.2 cm³/mol. The molecule has 104 valence electrons. The lowest BCUT2D eigenvalue weighted by Gasteiger charge is -2.09. The number of aromatic nitrogens is 2. The highest BCUT2D eigenvalue weighted by atomic mass is 35.5. The number of hydrogen-bond donors (Lipinski definition) is 0. The van der Waals surface area contributed by atoms with Crippen LogP contribution in [-0.2, 0) is 4.74 Å². The molecule has 0 bridgehead atoms. The second-order valence-electron chi connectivity index (χ2n) is 3.68. The summed E-state index contributed by atoms with van der Waals surface area (Å²) in [6.45, 7) is 0. The van der Waals surface area contributed by atoms with Crippen molar-refractivity contribution in [2.75, 3.05) is 7.11 Å². The third-order valence-corrected chi connectivity index (χ3v) is 3.45. The van der Waals surface area contributed by atoms with Crippen molar-refractivity contribution in [3.63, 3.8) is 0 Å². The molecule has 1 heterocycles. The summed E-state index contributed by atoms with van der Waals surface area (Å²) in [7, 11) is 1.16. The molecule has 0 amide bonds. The van der Waals surface area contributed by atoms with E-state index in [1.54, 1.807) is 0 Å². The second kappa shape index (κ2) is 5.83. The Morgan fingerprint density at radius 1 is 1.20 bits per heavy atom. The van der Waals surface area contributed by atoms with Gasteiger partial charge in [-0.05, 0) is 12.1 Å². The van der Waals surface area contributed by atoms with Crippen LogP contribution in [0.15, 0.2) is 29.2 Å². The quantitative estimate of drug-likeness (QED) is 0.626. The molecule has 0 saturated carbocycles. The first kappa shape index (κ1) is 14.8. The molecule has 0 spiro atoms. The molecule has 0 radical (unpaired) electrons. The van der Waals surface area contributed by atoms with Crippen LogP contribution in [0.4, 0.5) is 0 Å². The Morgan fingerprint density at radius 2 is 1.85 bits per heavy atom. The van der Waals surface area contributed by atoms with Gasteiger partial charge in [0.1, 0.15) is 0 Å². The minimum Gasteiger partial charge on any atom is -0.464 e. The summed E-state index contributed by atoms with van der Waals surface area (Å²) in [5.74, 6) is -0.833. The lowest BCUT2D eigenvalue weighted by Crippen LogP contribution is -2.21. The van der Waals surface area contributed by atoms with E-state index in [1.165, 1.54) is 29.1 Å². The SMILES string of the molecule is COC(=O)c1nn(-c2cc(Cl)c(Cl)cc2Cl)ccc1=O. The first-order chi connectivity index (χ1) is 9.43. The van der Waals surface area contributed by atoms with Crippen molar-refractivity contribution in [3.8, 4) is 5.69 Å². The summed E-state index contributed by atoms with van der Waals surface area (Å²) in [4.78, 5) is 23.0. The van der Waals surface area contributed by atoms with E-state index in [-0.39, 0.29) is 20.8 Å². The van der Waals surface area contributed by atoms with Crippen molar-refractivity contribution in [1.29, 1.82) is 0 Å². The smallest absolute Gasteiger partial charge is 0.362 e. The average Bonchev–Trinajstić information content (AvgIpc) is 2.43. The Hall–Kier alpha value is -1.56. The van der Waals surface area contributed by atoms with E-state index in [2.05, 4.69) is 9.84 Å². The largest absolute Gasteiger partial charge is 0.464 e. The highest BCUT2D eigenvalue weighted by Gasteiger charge is 2.15. The molecule has 0 fully saturated rings. The molecule has 1 aromatic carbocycles. The summed E-state index contributed by atoms with van der Waals surface area (Å²) in [6, 6.07) is 4.10. The Morgan fingerprint density at radius 3 is 2.50 bits per heavy atom. The highest BCUT2D eigenvalue weighted by Crippen LogP contribution is 2.30. The van der Waals surface area contributed by atoms with Gasteiger partial charge >= 0.3 is 5.97 Å². The van der Waals surface area contributed by atoms with Crippen LogP contribution in [0.1, 0.15) is 10.5 Å². The Balaban J connectivity index is 2.62. The van der Waals surface area contributed by atoms with Crippen LogP contribution >= 0.6 is 34.8 Å². The number of rotatable bonds is 2. The minimum absolute atomic E-state index is 0.270. The van der Waals surface area contributed by atoms with E-state index < -0.39 is 11.4 Å². The lowest BCUT2D eigenvalue weighted by molar-refractivity contribution is 0.0590. The molecule has 0 aliphatic rings. The van der Waals surface area contributed by atoms with Crippen LogP contribution in [0.3, 0.4) is 0 Å². The van der Waals surface area contributed by atoms with Gasteiger partial charge in [0, 0.05) is 12.3 Å². The third-order valence-electron chi connectivity index (χ3n) is 2.42. The van der Waals surface area contributed by atoms with Gasteiger partial charge in [-0.25, -0.2) is 9.48 Å². The van der Waals surface area contributed by atoms with Crippen molar-refractivity contribution >= 4 is 40.8 Å². The fourth-order valence-electron chi connectivity index (χ4n) is 1.47. The normalized spacial score (nSPS) is 10.4. The van der Waals surface area contributed by atoms with Crippen LogP contribution in [0.25, 0.3) is 5.69 Å².